The molecule has 0 aliphatic heterocycles. The SMILES string of the molecule is NC(C(=O)NCc1ccco1)c1ccc(C(=O)Nc2ccncc2)cc1. The number of carbonyl (C=O) groups is 2. The van der Waals surface area contributed by atoms with Crippen LogP contribution in [0.1, 0.15) is 27.7 Å². The molecule has 2 heterocycles. The van der Waals surface area contributed by atoms with Crippen molar-refractivity contribution in [2.45, 2.75) is 12.6 Å². The van der Waals surface area contributed by atoms with Gasteiger partial charge < -0.3 is 20.8 Å². The van der Waals surface area contributed by atoms with Gasteiger partial charge in [0, 0.05) is 23.6 Å². The molecule has 3 aromatic rings. The van der Waals surface area contributed by atoms with Crippen LogP contribution in [0.3, 0.4) is 0 Å². The number of anilines is 1. The summed E-state index contributed by atoms with van der Waals surface area (Å²) >= 11 is 0. The lowest BCUT2D eigenvalue weighted by molar-refractivity contribution is -0.122. The van der Waals surface area contributed by atoms with Gasteiger partial charge in [-0.1, -0.05) is 12.1 Å². The number of rotatable bonds is 6. The minimum atomic E-state index is -0.831. The number of benzene rings is 1. The van der Waals surface area contributed by atoms with E-state index in [1.807, 2.05) is 0 Å². The van der Waals surface area contributed by atoms with E-state index in [1.54, 1.807) is 60.9 Å². The molecule has 0 saturated carbocycles. The van der Waals surface area contributed by atoms with E-state index in [0.29, 0.717) is 22.6 Å². The monoisotopic (exact) mass is 350 g/mol. The molecule has 4 N–H and O–H groups in total. The van der Waals surface area contributed by atoms with Crippen LogP contribution in [0.25, 0.3) is 0 Å². The van der Waals surface area contributed by atoms with Crippen LogP contribution in [0, 0.1) is 0 Å². The predicted molar refractivity (Wildman–Crippen MR) is 96.1 cm³/mol. The van der Waals surface area contributed by atoms with Crippen molar-refractivity contribution in [2.75, 3.05) is 5.32 Å². The zero-order valence-electron chi connectivity index (χ0n) is 13.9. The molecule has 7 heteroatoms. The van der Waals surface area contributed by atoms with Gasteiger partial charge in [0.2, 0.25) is 5.91 Å². The average Bonchev–Trinajstić information content (AvgIpc) is 3.20. The summed E-state index contributed by atoms with van der Waals surface area (Å²) in [6.45, 7) is 0.270. The number of nitrogens with one attached hydrogen (secondary N) is 2. The van der Waals surface area contributed by atoms with Gasteiger partial charge in [0.15, 0.2) is 0 Å². The Kier molecular flexibility index (Phi) is 5.40. The van der Waals surface area contributed by atoms with Crippen LogP contribution in [0.5, 0.6) is 0 Å². The standard InChI is InChI=1S/C19H18N4O3/c20-17(19(25)22-12-16-2-1-11-26-16)13-3-5-14(6-4-13)18(24)23-15-7-9-21-10-8-15/h1-11,17H,12,20H2,(H,22,25)(H,21,23,24). The van der Waals surface area contributed by atoms with Gasteiger partial charge in [-0.25, -0.2) is 0 Å². The molecular formula is C19H18N4O3. The maximum atomic E-state index is 12.2. The van der Waals surface area contributed by atoms with E-state index < -0.39 is 6.04 Å². The first-order valence-corrected chi connectivity index (χ1v) is 8.00. The Labute approximate surface area is 150 Å². The van der Waals surface area contributed by atoms with Crippen LogP contribution in [0.2, 0.25) is 0 Å². The fourth-order valence-electron chi connectivity index (χ4n) is 2.33. The third-order valence-electron chi connectivity index (χ3n) is 3.77. The Morgan fingerprint density at radius 3 is 2.46 bits per heavy atom. The molecule has 132 valence electrons. The van der Waals surface area contributed by atoms with E-state index in [1.165, 1.54) is 6.26 Å². The zero-order chi connectivity index (χ0) is 18.4. The molecule has 0 aliphatic carbocycles. The molecule has 7 nitrogen and oxygen atoms in total. The summed E-state index contributed by atoms with van der Waals surface area (Å²) in [7, 11) is 0. The number of aromatic nitrogens is 1. The van der Waals surface area contributed by atoms with Gasteiger partial charge in [-0.2, -0.15) is 0 Å². The van der Waals surface area contributed by atoms with E-state index in [2.05, 4.69) is 15.6 Å². The van der Waals surface area contributed by atoms with Crippen LogP contribution in [-0.4, -0.2) is 16.8 Å². The third kappa shape index (κ3) is 4.34. The van der Waals surface area contributed by atoms with Crippen molar-refractivity contribution < 1.29 is 14.0 Å². The fourth-order valence-corrected chi connectivity index (χ4v) is 2.33. The zero-order valence-corrected chi connectivity index (χ0v) is 13.9. The molecule has 2 amide bonds. The second-order valence-corrected chi connectivity index (χ2v) is 5.59. The fraction of sp³-hybridized carbons (Fsp3) is 0.105. The summed E-state index contributed by atoms with van der Waals surface area (Å²) in [4.78, 5) is 28.2. The highest BCUT2D eigenvalue weighted by molar-refractivity contribution is 6.04. The van der Waals surface area contributed by atoms with Gasteiger partial charge in [0.1, 0.15) is 11.8 Å². The molecule has 2 aromatic heterocycles. The van der Waals surface area contributed by atoms with Gasteiger partial charge in [-0.05, 0) is 42.0 Å². The van der Waals surface area contributed by atoms with Gasteiger partial charge in [-0.15, -0.1) is 0 Å². The molecule has 0 bridgehead atoms. The highest BCUT2D eigenvalue weighted by Gasteiger charge is 2.16. The van der Waals surface area contributed by atoms with Crippen LogP contribution in [-0.2, 0) is 11.3 Å². The van der Waals surface area contributed by atoms with Crippen molar-refractivity contribution in [3.05, 3.63) is 84.1 Å². The number of nitrogens with two attached hydrogens (primary N) is 1. The van der Waals surface area contributed by atoms with Gasteiger partial charge in [0.25, 0.3) is 5.91 Å². The topological polar surface area (TPSA) is 110 Å². The molecule has 0 radical (unpaired) electrons. The number of pyridine rings is 1. The molecule has 26 heavy (non-hydrogen) atoms. The molecule has 0 saturated heterocycles. The molecule has 3 rings (SSSR count). The minimum absolute atomic E-state index is 0.251. The maximum Gasteiger partial charge on any atom is 0.255 e. The maximum absolute atomic E-state index is 12.2. The summed E-state index contributed by atoms with van der Waals surface area (Å²) in [5, 5.41) is 5.48. The molecule has 0 aliphatic rings. The Morgan fingerprint density at radius 1 is 1.08 bits per heavy atom. The number of hydrogen-bond acceptors (Lipinski definition) is 5. The second-order valence-electron chi connectivity index (χ2n) is 5.59. The Hall–Kier alpha value is -3.45. The Bertz CT molecular complexity index is 862. The van der Waals surface area contributed by atoms with Gasteiger partial charge in [-0.3, -0.25) is 14.6 Å². The number of amides is 2. The van der Waals surface area contributed by atoms with Crippen LogP contribution in [0.4, 0.5) is 5.69 Å². The number of furan rings is 1. The number of carbonyl (C=O) groups excluding carboxylic acids is 2. The van der Waals surface area contributed by atoms with Crippen molar-refractivity contribution in [2.24, 2.45) is 5.73 Å². The van der Waals surface area contributed by atoms with Crippen molar-refractivity contribution in [1.29, 1.82) is 0 Å². The van der Waals surface area contributed by atoms with E-state index in [4.69, 9.17) is 10.2 Å². The van der Waals surface area contributed by atoms with E-state index in [0.717, 1.165) is 0 Å². The summed E-state index contributed by atoms with van der Waals surface area (Å²) in [5.41, 5.74) is 7.71. The van der Waals surface area contributed by atoms with E-state index >= 15 is 0 Å². The van der Waals surface area contributed by atoms with Gasteiger partial charge >= 0.3 is 0 Å². The Morgan fingerprint density at radius 2 is 1.81 bits per heavy atom. The van der Waals surface area contributed by atoms with Crippen molar-refractivity contribution in [1.82, 2.24) is 10.3 Å². The highest BCUT2D eigenvalue weighted by atomic mass is 16.3. The first-order valence-electron chi connectivity index (χ1n) is 8.00. The van der Waals surface area contributed by atoms with Crippen molar-refractivity contribution in [3.63, 3.8) is 0 Å². The smallest absolute Gasteiger partial charge is 0.255 e. The third-order valence-corrected chi connectivity index (χ3v) is 3.77. The predicted octanol–water partition coefficient (Wildman–Crippen LogP) is 2.24. The number of nitrogens with zero attached hydrogens (tertiary/aromatic N) is 1. The first-order chi connectivity index (χ1) is 12.6. The lowest BCUT2D eigenvalue weighted by Crippen LogP contribution is -2.33. The Balaban J connectivity index is 1.59. The normalized spacial score (nSPS) is 11.6. The number of hydrogen-bond donors (Lipinski definition) is 3. The lowest BCUT2D eigenvalue weighted by atomic mass is 10.0. The van der Waals surface area contributed by atoms with Gasteiger partial charge in [0.05, 0.1) is 12.8 Å². The second kappa shape index (κ2) is 8.09. The van der Waals surface area contributed by atoms with Crippen molar-refractivity contribution >= 4 is 17.5 Å². The van der Waals surface area contributed by atoms with Crippen LogP contribution in [0.15, 0.2) is 71.6 Å². The largest absolute Gasteiger partial charge is 0.467 e. The molecule has 1 atom stereocenters. The summed E-state index contributed by atoms with van der Waals surface area (Å²) < 4.78 is 5.16. The van der Waals surface area contributed by atoms with Crippen LogP contribution < -0.4 is 16.4 Å². The summed E-state index contributed by atoms with van der Waals surface area (Å²) in [5.74, 6) is 0.0719. The molecule has 1 unspecified atom stereocenters. The molecule has 0 spiro atoms. The molecule has 1 aromatic carbocycles. The quantitative estimate of drug-likeness (QED) is 0.631. The lowest BCUT2D eigenvalue weighted by Gasteiger charge is -2.12. The summed E-state index contributed by atoms with van der Waals surface area (Å²) in [6.07, 6.45) is 4.73. The highest BCUT2D eigenvalue weighted by Crippen LogP contribution is 2.14. The van der Waals surface area contributed by atoms with Crippen molar-refractivity contribution in [3.8, 4) is 0 Å². The first kappa shape index (κ1) is 17.4. The molecule has 0 fully saturated rings. The minimum Gasteiger partial charge on any atom is -0.467 e. The average molecular weight is 350 g/mol. The van der Waals surface area contributed by atoms with E-state index in [-0.39, 0.29) is 18.4 Å². The van der Waals surface area contributed by atoms with E-state index in [9.17, 15) is 9.59 Å². The van der Waals surface area contributed by atoms with Crippen LogP contribution >= 0.6 is 0 Å². The summed E-state index contributed by atoms with van der Waals surface area (Å²) in [6, 6.07) is 12.7. The molecular weight excluding hydrogens is 332 g/mol.